The highest BCUT2D eigenvalue weighted by molar-refractivity contribution is 5.81. The van der Waals surface area contributed by atoms with Crippen molar-refractivity contribution in [3.05, 3.63) is 30.0 Å². The van der Waals surface area contributed by atoms with E-state index in [2.05, 4.69) is 47.7 Å². The molecule has 0 saturated heterocycles. The Balaban J connectivity index is 2.28. The van der Waals surface area contributed by atoms with Gasteiger partial charge in [-0.15, -0.1) is 0 Å². The van der Waals surface area contributed by atoms with Crippen molar-refractivity contribution in [3.8, 4) is 0 Å². The summed E-state index contributed by atoms with van der Waals surface area (Å²) < 4.78 is 2.08. The molecular weight excluding hydrogens is 236 g/mol. The molecule has 104 valence electrons. The molecule has 4 heteroatoms. The molecule has 2 aromatic rings. The summed E-state index contributed by atoms with van der Waals surface area (Å²) in [7, 11) is 0. The lowest BCUT2D eigenvalue weighted by molar-refractivity contribution is 0.270. The molecule has 0 fully saturated rings. The summed E-state index contributed by atoms with van der Waals surface area (Å²) in [5, 5.41) is 6.01. The quantitative estimate of drug-likeness (QED) is 0.830. The molecule has 4 nitrogen and oxygen atoms in total. The van der Waals surface area contributed by atoms with E-state index in [1.807, 2.05) is 0 Å². The topological polar surface area (TPSA) is 47.1 Å². The number of benzene rings is 1. The third-order valence-corrected chi connectivity index (χ3v) is 3.39. The predicted molar refractivity (Wildman–Crippen MR) is 80.0 cm³/mol. The molecule has 19 heavy (non-hydrogen) atoms. The van der Waals surface area contributed by atoms with E-state index in [1.54, 1.807) is 0 Å². The van der Waals surface area contributed by atoms with E-state index in [4.69, 9.17) is 10.8 Å². The zero-order valence-electron chi connectivity index (χ0n) is 12.0. The minimum absolute atomic E-state index is 0.701. The van der Waals surface area contributed by atoms with E-state index >= 15 is 0 Å². The van der Waals surface area contributed by atoms with Crippen LogP contribution in [0, 0.1) is 0 Å². The maximum Gasteiger partial charge on any atom is 0.0843 e. The van der Waals surface area contributed by atoms with Gasteiger partial charge in [0, 0.05) is 31.6 Å². The van der Waals surface area contributed by atoms with Gasteiger partial charge in [0.2, 0.25) is 0 Å². The molecule has 0 spiro atoms. The molecule has 0 bridgehead atoms. The number of aryl methyl sites for hydroxylation is 1. The normalized spacial score (nSPS) is 11.6. The van der Waals surface area contributed by atoms with Gasteiger partial charge in [-0.25, -0.2) is 0 Å². The lowest BCUT2D eigenvalue weighted by Gasteiger charge is -2.19. The summed E-state index contributed by atoms with van der Waals surface area (Å²) in [5.74, 6) is 0. The summed E-state index contributed by atoms with van der Waals surface area (Å²) in [4.78, 5) is 2.38. The van der Waals surface area contributed by atoms with Crippen molar-refractivity contribution in [1.82, 2.24) is 14.7 Å². The first-order valence-electron chi connectivity index (χ1n) is 7.17. The Kier molecular flexibility index (Phi) is 4.93. The molecule has 0 saturated carbocycles. The van der Waals surface area contributed by atoms with Crippen LogP contribution >= 0.6 is 0 Å². The second-order valence-corrected chi connectivity index (χ2v) is 4.84. The van der Waals surface area contributed by atoms with E-state index in [0.29, 0.717) is 6.54 Å². The molecule has 1 aromatic heterocycles. The van der Waals surface area contributed by atoms with Gasteiger partial charge < -0.3 is 5.73 Å². The van der Waals surface area contributed by atoms with Crippen molar-refractivity contribution in [1.29, 1.82) is 0 Å². The summed E-state index contributed by atoms with van der Waals surface area (Å²) >= 11 is 0. The Morgan fingerprint density at radius 2 is 2.00 bits per heavy atom. The predicted octanol–water partition coefficient (Wildman–Crippen LogP) is 2.23. The molecular formula is C15H24N4. The first-order chi connectivity index (χ1) is 9.30. The highest BCUT2D eigenvalue weighted by Crippen LogP contribution is 2.19. The SMILES string of the molecule is CCCN(CCN)Cc1nn(CC)c2ccccc12. The molecule has 0 atom stereocenters. The molecule has 0 radical (unpaired) electrons. The zero-order valence-corrected chi connectivity index (χ0v) is 12.0. The average molecular weight is 260 g/mol. The van der Waals surface area contributed by atoms with Crippen LogP contribution in [-0.4, -0.2) is 34.3 Å². The van der Waals surface area contributed by atoms with Crippen LogP contribution < -0.4 is 5.73 Å². The fraction of sp³-hybridized carbons (Fsp3) is 0.533. The van der Waals surface area contributed by atoms with E-state index < -0.39 is 0 Å². The van der Waals surface area contributed by atoms with Gasteiger partial charge in [-0.3, -0.25) is 9.58 Å². The van der Waals surface area contributed by atoms with E-state index in [-0.39, 0.29) is 0 Å². The van der Waals surface area contributed by atoms with Crippen LogP contribution in [0.3, 0.4) is 0 Å². The van der Waals surface area contributed by atoms with Gasteiger partial charge in [0.15, 0.2) is 0 Å². The molecule has 1 aromatic carbocycles. The van der Waals surface area contributed by atoms with Crippen molar-refractivity contribution >= 4 is 10.9 Å². The lowest BCUT2D eigenvalue weighted by Crippen LogP contribution is -2.30. The van der Waals surface area contributed by atoms with Crippen LogP contribution in [0.25, 0.3) is 10.9 Å². The summed E-state index contributed by atoms with van der Waals surface area (Å²) in [6, 6.07) is 8.46. The summed E-state index contributed by atoms with van der Waals surface area (Å²) in [6.45, 7) is 8.83. The zero-order chi connectivity index (χ0) is 13.7. The van der Waals surface area contributed by atoms with Gasteiger partial charge in [-0.05, 0) is 26.0 Å². The smallest absolute Gasteiger partial charge is 0.0843 e. The summed E-state index contributed by atoms with van der Waals surface area (Å²) in [6.07, 6.45) is 1.15. The van der Waals surface area contributed by atoms with Crippen LogP contribution in [0.15, 0.2) is 24.3 Å². The van der Waals surface area contributed by atoms with Gasteiger partial charge in [0.25, 0.3) is 0 Å². The number of nitrogens with zero attached hydrogens (tertiary/aromatic N) is 3. The van der Waals surface area contributed by atoms with Crippen molar-refractivity contribution in [2.45, 2.75) is 33.4 Å². The number of fused-ring (bicyclic) bond motifs is 1. The molecule has 0 aliphatic heterocycles. The number of hydrogen-bond donors (Lipinski definition) is 1. The van der Waals surface area contributed by atoms with Crippen LogP contribution in [0.2, 0.25) is 0 Å². The fourth-order valence-electron chi connectivity index (χ4n) is 2.53. The number of nitrogens with two attached hydrogens (primary N) is 1. The van der Waals surface area contributed by atoms with Gasteiger partial charge in [0.1, 0.15) is 0 Å². The van der Waals surface area contributed by atoms with E-state index in [9.17, 15) is 0 Å². The van der Waals surface area contributed by atoms with Crippen molar-refractivity contribution < 1.29 is 0 Å². The Labute approximate surface area is 115 Å². The van der Waals surface area contributed by atoms with Crippen molar-refractivity contribution in [2.24, 2.45) is 5.73 Å². The molecule has 0 aliphatic rings. The third-order valence-electron chi connectivity index (χ3n) is 3.39. The van der Waals surface area contributed by atoms with Gasteiger partial charge in [-0.2, -0.15) is 5.10 Å². The minimum atomic E-state index is 0.701. The second kappa shape index (κ2) is 6.68. The Morgan fingerprint density at radius 3 is 2.68 bits per heavy atom. The lowest BCUT2D eigenvalue weighted by atomic mass is 10.2. The van der Waals surface area contributed by atoms with Crippen LogP contribution in [0.4, 0.5) is 0 Å². The molecule has 2 N–H and O–H groups in total. The Morgan fingerprint density at radius 1 is 1.21 bits per heavy atom. The molecule has 2 rings (SSSR count). The van der Waals surface area contributed by atoms with Crippen LogP contribution in [-0.2, 0) is 13.1 Å². The van der Waals surface area contributed by atoms with E-state index in [1.165, 1.54) is 16.6 Å². The average Bonchev–Trinajstić information content (AvgIpc) is 2.78. The fourth-order valence-corrected chi connectivity index (χ4v) is 2.53. The number of rotatable bonds is 7. The Bertz CT molecular complexity index is 512. The monoisotopic (exact) mass is 260 g/mol. The van der Waals surface area contributed by atoms with Crippen molar-refractivity contribution in [3.63, 3.8) is 0 Å². The highest BCUT2D eigenvalue weighted by atomic mass is 15.3. The maximum atomic E-state index is 5.69. The van der Waals surface area contributed by atoms with Gasteiger partial charge in [-0.1, -0.05) is 25.1 Å². The van der Waals surface area contributed by atoms with Gasteiger partial charge >= 0.3 is 0 Å². The summed E-state index contributed by atoms with van der Waals surface area (Å²) in [5.41, 5.74) is 8.08. The number of hydrogen-bond acceptors (Lipinski definition) is 3. The standard InChI is InChI=1S/C15H24N4/c1-3-10-18(11-9-16)12-14-13-7-5-6-8-15(13)19(4-2)17-14/h5-8H,3-4,9-12,16H2,1-2H3. The first kappa shape index (κ1) is 14.0. The maximum absolute atomic E-state index is 5.69. The van der Waals surface area contributed by atoms with Crippen LogP contribution in [0.1, 0.15) is 26.0 Å². The van der Waals surface area contributed by atoms with E-state index in [0.717, 1.165) is 32.6 Å². The first-order valence-corrected chi connectivity index (χ1v) is 7.17. The molecule has 0 unspecified atom stereocenters. The molecule has 0 amide bonds. The van der Waals surface area contributed by atoms with Gasteiger partial charge in [0.05, 0.1) is 11.2 Å². The largest absolute Gasteiger partial charge is 0.329 e. The minimum Gasteiger partial charge on any atom is -0.329 e. The molecule has 1 heterocycles. The Hall–Kier alpha value is -1.39. The van der Waals surface area contributed by atoms with Crippen molar-refractivity contribution in [2.75, 3.05) is 19.6 Å². The third kappa shape index (κ3) is 3.14. The highest BCUT2D eigenvalue weighted by Gasteiger charge is 2.12. The molecule has 0 aliphatic carbocycles. The van der Waals surface area contributed by atoms with Crippen LogP contribution in [0.5, 0.6) is 0 Å². The number of aromatic nitrogens is 2. The number of para-hydroxylation sites is 1. The second-order valence-electron chi connectivity index (χ2n) is 4.84.